The normalized spacial score (nSPS) is 12.2. The number of imidazole rings is 1. The molecule has 0 aliphatic carbocycles. The van der Waals surface area contributed by atoms with Crippen molar-refractivity contribution in [1.82, 2.24) is 14.7 Å². The number of hydrogen-bond acceptors (Lipinski definition) is 6. The van der Waals surface area contributed by atoms with E-state index in [0.29, 0.717) is 17.2 Å². The van der Waals surface area contributed by atoms with Crippen LogP contribution in [0.4, 0.5) is 8.78 Å². The molecule has 3 aromatic rings. The van der Waals surface area contributed by atoms with E-state index in [2.05, 4.69) is 9.97 Å². The molecule has 1 atom stereocenters. The van der Waals surface area contributed by atoms with Gasteiger partial charge in [-0.3, -0.25) is 4.98 Å². The average Bonchev–Trinajstić information content (AvgIpc) is 3.03. The first kappa shape index (κ1) is 18.2. The Morgan fingerprint density at radius 1 is 1.15 bits per heavy atom. The van der Waals surface area contributed by atoms with Crippen LogP contribution in [0.3, 0.4) is 0 Å². The maximum absolute atomic E-state index is 14.0. The van der Waals surface area contributed by atoms with Crippen LogP contribution in [0, 0.1) is 11.6 Å². The fourth-order valence-electron chi connectivity index (χ4n) is 2.51. The van der Waals surface area contributed by atoms with Crippen molar-refractivity contribution in [3.05, 3.63) is 41.7 Å². The van der Waals surface area contributed by atoms with Crippen molar-refractivity contribution in [3.63, 3.8) is 0 Å². The third-order valence-electron chi connectivity index (χ3n) is 3.67. The molecule has 0 radical (unpaired) electrons. The lowest BCUT2D eigenvalue weighted by Gasteiger charge is -2.14. The molecule has 0 amide bonds. The number of fused-ring (bicyclic) bond motifs is 1. The van der Waals surface area contributed by atoms with E-state index in [1.165, 1.54) is 33.6 Å². The molecule has 0 aliphatic rings. The van der Waals surface area contributed by atoms with Gasteiger partial charge in [0.1, 0.15) is 23.8 Å². The zero-order valence-corrected chi connectivity index (χ0v) is 15.0. The van der Waals surface area contributed by atoms with Crippen LogP contribution in [0.2, 0.25) is 0 Å². The van der Waals surface area contributed by atoms with E-state index in [1.807, 2.05) is 0 Å². The van der Waals surface area contributed by atoms with Crippen molar-refractivity contribution >= 4 is 22.2 Å². The number of methoxy groups -OCH3 is 2. The van der Waals surface area contributed by atoms with Gasteiger partial charge in [-0.1, -0.05) is 0 Å². The van der Waals surface area contributed by atoms with Gasteiger partial charge in [0, 0.05) is 23.4 Å². The van der Waals surface area contributed by atoms with Gasteiger partial charge >= 0.3 is 5.16 Å². The summed E-state index contributed by atoms with van der Waals surface area (Å²) < 4.78 is 51.8. The van der Waals surface area contributed by atoms with Crippen molar-refractivity contribution in [2.24, 2.45) is 0 Å². The number of hydrogen-bond donors (Lipinski definition) is 0. The number of ether oxygens (including phenoxy) is 2. The lowest BCUT2D eigenvalue weighted by molar-refractivity contribution is 0.152. The standard InChI is InChI=1S/C16H15F2N3O4S/c1-23-12-6-7-19-10(15(12)24-2)8-26(22)16-20-14-11(21(16)25-3)5-4-9(17)13(14)18/h4-7H,8H2,1-3H3. The second-order valence-electron chi connectivity index (χ2n) is 5.08. The number of aromatic nitrogens is 3. The summed E-state index contributed by atoms with van der Waals surface area (Å²) in [5.41, 5.74) is 0.271. The van der Waals surface area contributed by atoms with Crippen molar-refractivity contribution in [3.8, 4) is 11.5 Å². The minimum absolute atomic E-state index is 0.0707. The Morgan fingerprint density at radius 3 is 2.58 bits per heavy atom. The van der Waals surface area contributed by atoms with Crippen molar-refractivity contribution in [2.75, 3.05) is 21.3 Å². The summed E-state index contributed by atoms with van der Waals surface area (Å²) in [4.78, 5) is 13.3. The molecule has 2 heterocycles. The van der Waals surface area contributed by atoms with Gasteiger partial charge < -0.3 is 18.9 Å². The first-order chi connectivity index (χ1) is 12.5. The minimum atomic E-state index is -1.78. The number of halogens is 2. The van der Waals surface area contributed by atoms with Crippen LogP contribution in [0.5, 0.6) is 11.5 Å². The highest BCUT2D eigenvalue weighted by Gasteiger charge is 2.28. The quantitative estimate of drug-likeness (QED) is 0.607. The lowest BCUT2D eigenvalue weighted by atomic mass is 10.3. The molecule has 1 aromatic carbocycles. The fourth-order valence-corrected chi connectivity index (χ4v) is 3.64. The largest absolute Gasteiger partial charge is 0.609 e. The summed E-state index contributed by atoms with van der Waals surface area (Å²) in [6.45, 7) is 0. The summed E-state index contributed by atoms with van der Waals surface area (Å²) in [5.74, 6) is -1.50. The molecule has 26 heavy (non-hydrogen) atoms. The summed E-state index contributed by atoms with van der Waals surface area (Å²) in [6, 6.07) is 3.86. The van der Waals surface area contributed by atoms with Gasteiger partial charge in [-0.2, -0.15) is 4.98 Å². The average molecular weight is 383 g/mol. The second kappa shape index (κ2) is 7.34. The molecule has 0 fully saturated rings. The SMILES string of the molecule is COc1ccnc(C[S+]([O-])c2nc3c(F)c(F)ccc3n2OC)c1OC. The highest BCUT2D eigenvalue weighted by Crippen LogP contribution is 2.32. The Morgan fingerprint density at radius 2 is 1.92 bits per heavy atom. The molecule has 0 aliphatic heterocycles. The second-order valence-corrected chi connectivity index (χ2v) is 6.43. The predicted molar refractivity (Wildman–Crippen MR) is 89.6 cm³/mol. The molecule has 0 saturated heterocycles. The van der Waals surface area contributed by atoms with Gasteiger partial charge in [0.15, 0.2) is 28.9 Å². The molecule has 1 unspecified atom stereocenters. The number of pyridine rings is 1. The predicted octanol–water partition coefficient (Wildman–Crippen LogP) is 2.09. The Balaban J connectivity index is 2.03. The van der Waals surface area contributed by atoms with Crippen LogP contribution in [0.15, 0.2) is 29.6 Å². The van der Waals surface area contributed by atoms with E-state index >= 15 is 0 Å². The molecular formula is C16H15F2N3O4S. The highest BCUT2D eigenvalue weighted by molar-refractivity contribution is 7.90. The molecule has 0 spiro atoms. The highest BCUT2D eigenvalue weighted by atomic mass is 32.2. The topological polar surface area (TPSA) is 81.5 Å². The van der Waals surface area contributed by atoms with Crippen LogP contribution in [-0.4, -0.2) is 40.6 Å². The monoisotopic (exact) mass is 383 g/mol. The van der Waals surface area contributed by atoms with E-state index in [9.17, 15) is 13.3 Å². The third-order valence-corrected chi connectivity index (χ3v) is 4.87. The molecule has 0 N–H and O–H groups in total. The lowest BCUT2D eigenvalue weighted by Crippen LogP contribution is -2.17. The molecule has 138 valence electrons. The number of nitrogens with zero attached hydrogens (tertiary/aromatic N) is 3. The fraction of sp³-hybridized carbons (Fsp3) is 0.250. The Kier molecular flexibility index (Phi) is 5.14. The van der Waals surface area contributed by atoms with Crippen LogP contribution in [0.1, 0.15) is 5.69 Å². The van der Waals surface area contributed by atoms with Crippen LogP contribution < -0.4 is 14.3 Å². The third kappa shape index (κ3) is 3.01. The van der Waals surface area contributed by atoms with E-state index in [0.717, 1.165) is 10.8 Å². The van der Waals surface area contributed by atoms with Crippen molar-refractivity contribution in [1.29, 1.82) is 0 Å². The van der Waals surface area contributed by atoms with Gasteiger partial charge in [0.05, 0.1) is 14.2 Å². The smallest absolute Gasteiger partial charge is 0.357 e. The Labute approximate surface area is 150 Å². The molecule has 7 nitrogen and oxygen atoms in total. The molecule has 0 saturated carbocycles. The first-order valence-corrected chi connectivity index (χ1v) is 8.68. The maximum atomic E-state index is 14.0. The molecular weight excluding hydrogens is 368 g/mol. The minimum Gasteiger partial charge on any atom is -0.609 e. The zero-order chi connectivity index (χ0) is 18.8. The summed E-state index contributed by atoms with van der Waals surface area (Å²) in [6.07, 6.45) is 1.49. The number of rotatable bonds is 6. The molecule has 10 heteroatoms. The van der Waals surface area contributed by atoms with Gasteiger partial charge in [0.2, 0.25) is 0 Å². The maximum Gasteiger partial charge on any atom is 0.357 e. The van der Waals surface area contributed by atoms with Gasteiger partial charge in [0.25, 0.3) is 0 Å². The zero-order valence-electron chi connectivity index (χ0n) is 14.2. The molecule has 3 rings (SSSR count). The number of benzene rings is 1. The summed E-state index contributed by atoms with van der Waals surface area (Å²) >= 11 is -1.78. The van der Waals surface area contributed by atoms with Crippen molar-refractivity contribution in [2.45, 2.75) is 10.9 Å². The van der Waals surface area contributed by atoms with E-state index in [1.54, 1.807) is 6.07 Å². The van der Waals surface area contributed by atoms with E-state index in [-0.39, 0.29) is 21.9 Å². The van der Waals surface area contributed by atoms with Gasteiger partial charge in [-0.15, -0.1) is 4.73 Å². The van der Waals surface area contributed by atoms with E-state index < -0.39 is 22.8 Å². The molecule has 0 bridgehead atoms. The summed E-state index contributed by atoms with van der Waals surface area (Å²) in [5, 5.41) is -0.0707. The van der Waals surface area contributed by atoms with E-state index in [4.69, 9.17) is 14.3 Å². The summed E-state index contributed by atoms with van der Waals surface area (Å²) in [7, 11) is 4.22. The van der Waals surface area contributed by atoms with Gasteiger partial charge in [-0.25, -0.2) is 8.78 Å². The Bertz CT molecular complexity index is 951. The van der Waals surface area contributed by atoms with Crippen LogP contribution in [0.25, 0.3) is 11.0 Å². The van der Waals surface area contributed by atoms with Crippen LogP contribution >= 0.6 is 0 Å². The van der Waals surface area contributed by atoms with Crippen LogP contribution in [-0.2, 0) is 16.9 Å². The van der Waals surface area contributed by atoms with Crippen molar-refractivity contribution < 1.29 is 27.6 Å². The first-order valence-electron chi connectivity index (χ1n) is 7.37. The molecule has 2 aromatic heterocycles. The Hall–Kier alpha value is -2.59. The van der Waals surface area contributed by atoms with Gasteiger partial charge in [-0.05, 0) is 12.1 Å².